The molecule has 35 heavy (non-hydrogen) atoms. The second-order valence-corrected chi connectivity index (χ2v) is 8.97. The molecular formula is C27H26ClN3O4. The summed E-state index contributed by atoms with van der Waals surface area (Å²) in [6.45, 7) is 1.29. The number of imidazole rings is 1. The van der Waals surface area contributed by atoms with Crippen LogP contribution in [0.3, 0.4) is 0 Å². The van der Waals surface area contributed by atoms with Gasteiger partial charge < -0.3 is 20.5 Å². The zero-order chi connectivity index (χ0) is 24.9. The first-order valence-electron chi connectivity index (χ1n) is 11.3. The van der Waals surface area contributed by atoms with Crippen LogP contribution in [0, 0.1) is 12.8 Å². The van der Waals surface area contributed by atoms with Gasteiger partial charge in [0.2, 0.25) is 0 Å². The van der Waals surface area contributed by atoms with E-state index in [0.717, 1.165) is 16.7 Å². The van der Waals surface area contributed by atoms with Crippen molar-refractivity contribution in [3.05, 3.63) is 88.7 Å². The number of carboxylic acid groups (broad SMARTS) is 1. The van der Waals surface area contributed by atoms with Gasteiger partial charge in [0.05, 0.1) is 23.1 Å². The lowest BCUT2D eigenvalue weighted by Gasteiger charge is -2.22. The first-order chi connectivity index (χ1) is 16.8. The third-order valence-corrected chi connectivity index (χ3v) is 6.23. The third-order valence-electron chi connectivity index (χ3n) is 5.94. The maximum Gasteiger partial charge on any atom is 0.308 e. The molecule has 2 atom stereocenters. The van der Waals surface area contributed by atoms with Gasteiger partial charge in [0, 0.05) is 11.6 Å². The number of hydrogen-bond acceptors (Lipinski definition) is 4. The van der Waals surface area contributed by atoms with Gasteiger partial charge >= 0.3 is 5.97 Å². The van der Waals surface area contributed by atoms with Gasteiger partial charge in [-0.25, -0.2) is 4.98 Å². The van der Waals surface area contributed by atoms with E-state index < -0.39 is 24.5 Å². The molecule has 1 amide bonds. The van der Waals surface area contributed by atoms with Crippen LogP contribution in [0.1, 0.15) is 28.2 Å². The minimum atomic E-state index is -1.11. The quantitative estimate of drug-likeness (QED) is 0.273. The summed E-state index contributed by atoms with van der Waals surface area (Å²) >= 11 is 6.33. The maximum absolute atomic E-state index is 13.1. The molecule has 4 rings (SSSR count). The van der Waals surface area contributed by atoms with Gasteiger partial charge in [0.15, 0.2) is 0 Å². The number of aryl methyl sites for hydroxylation is 1. The lowest BCUT2D eigenvalue weighted by Crippen LogP contribution is -2.39. The van der Waals surface area contributed by atoms with Crippen molar-refractivity contribution in [2.75, 3.05) is 6.61 Å². The standard InChI is InChI=1S/C27H26ClN3O4/c1-16-29-24-14-20(13-23(28)25(24)30-16)26(33)31-22(12-21(15-32)27(34)35)11-17-7-9-19(10-8-17)18-5-3-2-4-6-18/h2-10,13-14,21-22,32H,11-12,15H2,1H3,(H,29,30)(H,31,33)(H,34,35). The molecule has 0 saturated carbocycles. The minimum absolute atomic E-state index is 0.0805. The molecule has 0 bridgehead atoms. The smallest absolute Gasteiger partial charge is 0.308 e. The topological polar surface area (TPSA) is 115 Å². The molecule has 0 saturated heterocycles. The van der Waals surface area contributed by atoms with Crippen LogP contribution in [0.15, 0.2) is 66.7 Å². The van der Waals surface area contributed by atoms with Crippen LogP contribution in [0.2, 0.25) is 5.02 Å². The second-order valence-electron chi connectivity index (χ2n) is 8.57. The number of nitrogens with one attached hydrogen (secondary N) is 2. The van der Waals surface area contributed by atoms with Crippen LogP contribution in [-0.4, -0.2) is 44.7 Å². The Balaban J connectivity index is 1.55. The van der Waals surface area contributed by atoms with Gasteiger partial charge in [0.1, 0.15) is 11.3 Å². The van der Waals surface area contributed by atoms with E-state index in [9.17, 15) is 19.8 Å². The number of carboxylic acids is 1. The number of aliphatic hydroxyl groups excluding tert-OH is 1. The Labute approximate surface area is 207 Å². The fourth-order valence-electron chi connectivity index (χ4n) is 4.14. The van der Waals surface area contributed by atoms with E-state index in [1.54, 1.807) is 19.1 Å². The molecule has 2 unspecified atom stereocenters. The Kier molecular flexibility index (Phi) is 7.48. The number of fused-ring (bicyclic) bond motifs is 1. The molecule has 1 aromatic heterocycles. The molecule has 7 nitrogen and oxygen atoms in total. The number of rotatable bonds is 9. The maximum atomic E-state index is 13.1. The van der Waals surface area contributed by atoms with Crippen LogP contribution in [0.4, 0.5) is 0 Å². The first-order valence-corrected chi connectivity index (χ1v) is 11.7. The highest BCUT2D eigenvalue weighted by Gasteiger charge is 2.24. The van der Waals surface area contributed by atoms with Crippen molar-refractivity contribution in [2.45, 2.75) is 25.8 Å². The molecular weight excluding hydrogens is 466 g/mol. The van der Waals surface area contributed by atoms with E-state index in [4.69, 9.17) is 11.6 Å². The summed E-state index contributed by atoms with van der Waals surface area (Å²) in [5.74, 6) is -1.80. The predicted molar refractivity (Wildman–Crippen MR) is 136 cm³/mol. The van der Waals surface area contributed by atoms with Crippen LogP contribution >= 0.6 is 11.6 Å². The molecule has 180 valence electrons. The number of carbonyl (C=O) groups is 2. The third kappa shape index (κ3) is 5.88. The average Bonchev–Trinajstić information content (AvgIpc) is 3.24. The van der Waals surface area contributed by atoms with E-state index in [1.165, 1.54) is 0 Å². The fourth-order valence-corrected chi connectivity index (χ4v) is 4.40. The summed E-state index contributed by atoms with van der Waals surface area (Å²) < 4.78 is 0. The average molecular weight is 492 g/mol. The molecule has 0 aliphatic rings. The van der Waals surface area contributed by atoms with Crippen molar-refractivity contribution in [1.29, 1.82) is 0 Å². The highest BCUT2D eigenvalue weighted by molar-refractivity contribution is 6.35. The molecule has 0 aliphatic carbocycles. The first kappa shape index (κ1) is 24.4. The van der Waals surface area contributed by atoms with Crippen molar-refractivity contribution in [2.24, 2.45) is 5.92 Å². The number of hydrogen-bond donors (Lipinski definition) is 4. The molecule has 0 aliphatic heterocycles. The zero-order valence-corrected chi connectivity index (χ0v) is 19.9. The largest absolute Gasteiger partial charge is 0.481 e. The van der Waals surface area contributed by atoms with Crippen molar-refractivity contribution < 1.29 is 19.8 Å². The van der Waals surface area contributed by atoms with Gasteiger partial charge in [-0.3, -0.25) is 9.59 Å². The number of benzene rings is 3. The Morgan fingerprint density at radius 2 is 1.74 bits per heavy atom. The van der Waals surface area contributed by atoms with Crippen LogP contribution in [0.25, 0.3) is 22.2 Å². The van der Waals surface area contributed by atoms with Gasteiger partial charge in [-0.2, -0.15) is 0 Å². The summed E-state index contributed by atoms with van der Waals surface area (Å²) in [5.41, 5.74) is 4.66. The summed E-state index contributed by atoms with van der Waals surface area (Å²) in [6.07, 6.45) is 0.487. The molecule has 0 fully saturated rings. The number of aliphatic hydroxyl groups is 1. The van der Waals surface area contributed by atoms with Crippen molar-refractivity contribution >= 4 is 34.5 Å². The Bertz CT molecular complexity index is 1340. The number of halogens is 1. The summed E-state index contributed by atoms with van der Waals surface area (Å²) in [6, 6.07) is 20.6. The number of carbonyl (C=O) groups excluding carboxylic acids is 1. The van der Waals surface area contributed by atoms with Crippen molar-refractivity contribution in [3.8, 4) is 11.1 Å². The number of H-pyrrole nitrogens is 1. The molecule has 1 heterocycles. The number of amides is 1. The van der Waals surface area contributed by atoms with Gasteiger partial charge in [-0.15, -0.1) is 0 Å². The molecule has 3 aromatic carbocycles. The van der Waals surface area contributed by atoms with E-state index in [-0.39, 0.29) is 12.3 Å². The summed E-state index contributed by atoms with van der Waals surface area (Å²) in [5, 5.41) is 22.3. The highest BCUT2D eigenvalue weighted by Crippen LogP contribution is 2.24. The van der Waals surface area contributed by atoms with E-state index in [2.05, 4.69) is 15.3 Å². The Hall–Kier alpha value is -3.68. The van der Waals surface area contributed by atoms with Crippen LogP contribution in [-0.2, 0) is 11.2 Å². The SMILES string of the molecule is Cc1nc2c(Cl)cc(C(=O)NC(Cc3ccc(-c4ccccc4)cc3)CC(CO)C(=O)O)cc2[nH]1. The fraction of sp³-hybridized carbons (Fsp3) is 0.222. The van der Waals surface area contributed by atoms with Gasteiger partial charge in [-0.1, -0.05) is 66.2 Å². The monoisotopic (exact) mass is 491 g/mol. The van der Waals surface area contributed by atoms with Crippen molar-refractivity contribution in [1.82, 2.24) is 15.3 Å². The summed E-state index contributed by atoms with van der Waals surface area (Å²) in [7, 11) is 0. The predicted octanol–water partition coefficient (Wildman–Crippen LogP) is 4.62. The normalized spacial score (nSPS) is 12.9. The number of aliphatic carboxylic acids is 1. The Morgan fingerprint density at radius 1 is 1.06 bits per heavy atom. The van der Waals surface area contributed by atoms with E-state index >= 15 is 0 Å². The lowest BCUT2D eigenvalue weighted by molar-refractivity contribution is -0.143. The molecule has 4 aromatic rings. The highest BCUT2D eigenvalue weighted by atomic mass is 35.5. The van der Waals surface area contributed by atoms with Gasteiger partial charge in [-0.05, 0) is 48.6 Å². The van der Waals surface area contributed by atoms with Crippen LogP contribution < -0.4 is 5.32 Å². The van der Waals surface area contributed by atoms with Crippen LogP contribution in [0.5, 0.6) is 0 Å². The van der Waals surface area contributed by atoms with Crippen molar-refractivity contribution in [3.63, 3.8) is 0 Å². The van der Waals surface area contributed by atoms with Gasteiger partial charge in [0.25, 0.3) is 5.91 Å². The molecule has 8 heteroatoms. The lowest BCUT2D eigenvalue weighted by atomic mass is 9.94. The van der Waals surface area contributed by atoms with E-state index in [1.807, 2.05) is 54.6 Å². The zero-order valence-electron chi connectivity index (χ0n) is 19.2. The van der Waals surface area contributed by atoms with E-state index in [0.29, 0.717) is 33.9 Å². The molecule has 4 N–H and O–H groups in total. The number of aromatic nitrogens is 2. The molecule has 0 spiro atoms. The second kappa shape index (κ2) is 10.7. The summed E-state index contributed by atoms with van der Waals surface area (Å²) in [4.78, 5) is 32.1. The minimum Gasteiger partial charge on any atom is -0.481 e. The Morgan fingerprint density at radius 3 is 2.40 bits per heavy atom. The molecule has 0 radical (unpaired) electrons. The number of aromatic amines is 1. The number of nitrogens with zero attached hydrogens (tertiary/aromatic N) is 1.